The number of rotatable bonds is 7. The minimum atomic E-state index is -0.126. The van der Waals surface area contributed by atoms with Gasteiger partial charge in [-0.2, -0.15) is 12.6 Å². The maximum Gasteiger partial charge on any atom is 0.146 e. The first-order valence-electron chi connectivity index (χ1n) is 5.90. The Labute approximate surface area is 103 Å². The smallest absolute Gasteiger partial charge is 0.146 e. The number of benzene rings is 1. The number of unbranched alkanes of at least 4 members (excludes halogenated alkanes) is 2. The van der Waals surface area contributed by atoms with Gasteiger partial charge in [0.1, 0.15) is 5.82 Å². The van der Waals surface area contributed by atoms with Crippen molar-refractivity contribution < 1.29 is 4.39 Å². The molecule has 0 aliphatic heterocycles. The molecular formula is C13H20FNS. The molecule has 0 radical (unpaired) electrons. The van der Waals surface area contributed by atoms with Crippen LogP contribution in [-0.2, 0) is 0 Å². The highest BCUT2D eigenvalue weighted by Gasteiger charge is 2.08. The molecule has 0 fully saturated rings. The van der Waals surface area contributed by atoms with E-state index in [1.165, 1.54) is 6.07 Å². The predicted molar refractivity (Wildman–Crippen MR) is 72.0 cm³/mol. The maximum atomic E-state index is 13.5. The first-order valence-corrected chi connectivity index (χ1v) is 6.53. The Morgan fingerprint density at radius 3 is 2.56 bits per heavy atom. The summed E-state index contributed by atoms with van der Waals surface area (Å²) in [7, 11) is 0. The van der Waals surface area contributed by atoms with Crippen LogP contribution in [0.1, 0.15) is 26.2 Å². The van der Waals surface area contributed by atoms with E-state index >= 15 is 0 Å². The average molecular weight is 241 g/mol. The van der Waals surface area contributed by atoms with Crippen LogP contribution >= 0.6 is 12.6 Å². The minimum Gasteiger partial charge on any atom is -0.369 e. The van der Waals surface area contributed by atoms with E-state index < -0.39 is 0 Å². The Hall–Kier alpha value is -0.700. The summed E-state index contributed by atoms with van der Waals surface area (Å²) in [6, 6.07) is 6.98. The second-order valence-electron chi connectivity index (χ2n) is 3.82. The van der Waals surface area contributed by atoms with Crippen LogP contribution in [0.5, 0.6) is 0 Å². The summed E-state index contributed by atoms with van der Waals surface area (Å²) in [5.41, 5.74) is 0.718. The van der Waals surface area contributed by atoms with Gasteiger partial charge in [-0.15, -0.1) is 0 Å². The topological polar surface area (TPSA) is 3.24 Å². The first-order chi connectivity index (χ1) is 7.79. The molecule has 16 heavy (non-hydrogen) atoms. The Kier molecular flexibility index (Phi) is 6.31. The largest absolute Gasteiger partial charge is 0.369 e. The average Bonchev–Trinajstić information content (AvgIpc) is 2.31. The molecule has 0 heterocycles. The van der Waals surface area contributed by atoms with E-state index in [0.29, 0.717) is 0 Å². The van der Waals surface area contributed by atoms with E-state index in [2.05, 4.69) is 24.5 Å². The van der Waals surface area contributed by atoms with Gasteiger partial charge in [0.05, 0.1) is 5.69 Å². The number of para-hydroxylation sites is 1. The van der Waals surface area contributed by atoms with Crippen molar-refractivity contribution in [2.24, 2.45) is 0 Å². The zero-order chi connectivity index (χ0) is 11.8. The Morgan fingerprint density at radius 2 is 1.94 bits per heavy atom. The van der Waals surface area contributed by atoms with Crippen LogP contribution in [0.15, 0.2) is 24.3 Å². The number of anilines is 1. The van der Waals surface area contributed by atoms with Crippen molar-refractivity contribution in [3.05, 3.63) is 30.1 Å². The van der Waals surface area contributed by atoms with Crippen molar-refractivity contribution in [2.45, 2.75) is 26.2 Å². The van der Waals surface area contributed by atoms with Gasteiger partial charge in [-0.1, -0.05) is 18.6 Å². The van der Waals surface area contributed by atoms with E-state index in [9.17, 15) is 4.39 Å². The highest BCUT2D eigenvalue weighted by molar-refractivity contribution is 7.80. The van der Waals surface area contributed by atoms with Gasteiger partial charge in [0, 0.05) is 13.1 Å². The third-order valence-electron chi connectivity index (χ3n) is 2.66. The van der Waals surface area contributed by atoms with Crippen LogP contribution in [0.3, 0.4) is 0 Å². The molecule has 0 amide bonds. The van der Waals surface area contributed by atoms with E-state index in [1.54, 1.807) is 6.07 Å². The molecule has 0 atom stereocenters. The second kappa shape index (κ2) is 7.55. The van der Waals surface area contributed by atoms with Gasteiger partial charge in [-0.25, -0.2) is 4.39 Å². The van der Waals surface area contributed by atoms with Crippen LogP contribution in [0.25, 0.3) is 0 Å². The molecule has 0 saturated carbocycles. The molecule has 0 N–H and O–H groups in total. The number of nitrogens with zero attached hydrogens (tertiary/aromatic N) is 1. The van der Waals surface area contributed by atoms with Gasteiger partial charge in [-0.05, 0) is 37.7 Å². The van der Waals surface area contributed by atoms with Crippen molar-refractivity contribution in [2.75, 3.05) is 23.7 Å². The minimum absolute atomic E-state index is 0.126. The highest BCUT2D eigenvalue weighted by Crippen LogP contribution is 2.18. The van der Waals surface area contributed by atoms with Gasteiger partial charge in [0.15, 0.2) is 0 Å². The van der Waals surface area contributed by atoms with E-state index in [-0.39, 0.29) is 5.82 Å². The molecule has 90 valence electrons. The zero-order valence-electron chi connectivity index (χ0n) is 9.82. The quantitative estimate of drug-likeness (QED) is 0.562. The summed E-state index contributed by atoms with van der Waals surface area (Å²) in [5, 5.41) is 0. The van der Waals surface area contributed by atoms with Crippen molar-refractivity contribution in [3.8, 4) is 0 Å². The van der Waals surface area contributed by atoms with E-state index in [0.717, 1.165) is 43.8 Å². The monoisotopic (exact) mass is 241 g/mol. The SMILES string of the molecule is CCN(CCCCCS)c1ccccc1F. The molecule has 1 aromatic carbocycles. The molecular weight excluding hydrogens is 221 g/mol. The number of hydrogen-bond acceptors (Lipinski definition) is 2. The number of hydrogen-bond donors (Lipinski definition) is 1. The normalized spacial score (nSPS) is 10.4. The molecule has 0 aliphatic rings. The highest BCUT2D eigenvalue weighted by atomic mass is 32.1. The third kappa shape index (κ3) is 4.05. The van der Waals surface area contributed by atoms with Crippen molar-refractivity contribution in [1.82, 2.24) is 0 Å². The molecule has 3 heteroatoms. The lowest BCUT2D eigenvalue weighted by Crippen LogP contribution is -2.24. The van der Waals surface area contributed by atoms with Crippen LogP contribution in [0.2, 0.25) is 0 Å². The fraction of sp³-hybridized carbons (Fsp3) is 0.538. The summed E-state index contributed by atoms with van der Waals surface area (Å²) in [6.45, 7) is 3.83. The van der Waals surface area contributed by atoms with Crippen molar-refractivity contribution in [1.29, 1.82) is 0 Å². The summed E-state index contributed by atoms with van der Waals surface area (Å²) in [4.78, 5) is 2.09. The second-order valence-corrected chi connectivity index (χ2v) is 4.26. The molecule has 0 spiro atoms. The number of halogens is 1. The van der Waals surface area contributed by atoms with Gasteiger partial charge in [0.25, 0.3) is 0 Å². The van der Waals surface area contributed by atoms with E-state index in [1.807, 2.05) is 12.1 Å². The van der Waals surface area contributed by atoms with Crippen LogP contribution in [0, 0.1) is 5.82 Å². The molecule has 1 rings (SSSR count). The van der Waals surface area contributed by atoms with Gasteiger partial charge in [0.2, 0.25) is 0 Å². The Balaban J connectivity index is 2.51. The lowest BCUT2D eigenvalue weighted by molar-refractivity contribution is 0.611. The lowest BCUT2D eigenvalue weighted by atomic mass is 10.2. The number of thiol groups is 1. The van der Waals surface area contributed by atoms with Crippen molar-refractivity contribution >= 4 is 18.3 Å². The van der Waals surface area contributed by atoms with Crippen LogP contribution in [0.4, 0.5) is 10.1 Å². The van der Waals surface area contributed by atoms with E-state index in [4.69, 9.17) is 0 Å². The maximum absolute atomic E-state index is 13.5. The van der Waals surface area contributed by atoms with Gasteiger partial charge >= 0.3 is 0 Å². The first kappa shape index (κ1) is 13.4. The molecule has 0 unspecified atom stereocenters. The van der Waals surface area contributed by atoms with Crippen molar-refractivity contribution in [3.63, 3.8) is 0 Å². The molecule has 0 saturated heterocycles. The zero-order valence-corrected chi connectivity index (χ0v) is 10.7. The Morgan fingerprint density at radius 1 is 1.19 bits per heavy atom. The summed E-state index contributed by atoms with van der Waals surface area (Å²) < 4.78 is 13.5. The standard InChI is InChI=1S/C13H20FNS/c1-2-15(10-6-3-7-11-16)13-9-5-4-8-12(13)14/h4-5,8-9,16H,2-3,6-7,10-11H2,1H3. The summed E-state index contributed by atoms with van der Waals surface area (Å²) >= 11 is 4.18. The lowest BCUT2D eigenvalue weighted by Gasteiger charge is -2.23. The summed E-state index contributed by atoms with van der Waals surface area (Å²) in [5.74, 6) is 0.810. The third-order valence-corrected chi connectivity index (χ3v) is 2.98. The molecule has 1 aromatic rings. The fourth-order valence-electron chi connectivity index (χ4n) is 1.75. The van der Waals surface area contributed by atoms with Gasteiger partial charge < -0.3 is 4.90 Å². The summed E-state index contributed by atoms with van der Waals surface area (Å²) in [6.07, 6.45) is 3.40. The predicted octanol–water partition coefficient (Wildman–Crippen LogP) is 3.75. The van der Waals surface area contributed by atoms with Crippen LogP contribution < -0.4 is 4.90 Å². The molecule has 0 aromatic heterocycles. The Bertz CT molecular complexity index is 304. The molecule has 0 aliphatic carbocycles. The molecule has 1 nitrogen and oxygen atoms in total. The fourth-order valence-corrected chi connectivity index (χ4v) is 1.97. The van der Waals surface area contributed by atoms with Crippen LogP contribution in [-0.4, -0.2) is 18.8 Å². The molecule has 0 bridgehead atoms. The van der Waals surface area contributed by atoms with Gasteiger partial charge in [-0.3, -0.25) is 0 Å².